The fraction of sp³-hybridized carbons (Fsp3) is 0.889. The number of primary amides is 1. The van der Waals surface area contributed by atoms with Gasteiger partial charge in [-0.1, -0.05) is 58.4 Å². The summed E-state index contributed by atoms with van der Waals surface area (Å²) >= 11 is 0. The second-order valence-corrected chi connectivity index (χ2v) is 5.18. The monoisotopic (exact) mass is 325 g/mol. The normalized spacial score (nSPS) is 11.1. The zero-order chi connectivity index (χ0) is 12.9. The van der Waals surface area contributed by atoms with Crippen molar-refractivity contribution in [2.75, 3.05) is 0 Å². The molecule has 142 valence electrons. The van der Waals surface area contributed by atoms with Crippen molar-refractivity contribution in [3.8, 4) is 0 Å². The van der Waals surface area contributed by atoms with E-state index in [2.05, 4.69) is 0 Å². The van der Waals surface area contributed by atoms with Crippen LogP contribution in [0, 0.1) is 11.8 Å². The van der Waals surface area contributed by atoms with E-state index >= 15 is 0 Å². The highest BCUT2D eigenvalue weighted by molar-refractivity contribution is 5.78. The van der Waals surface area contributed by atoms with Gasteiger partial charge in [-0.2, -0.15) is 0 Å². The lowest BCUT2D eigenvalue weighted by atomic mass is 9.93. The summed E-state index contributed by atoms with van der Waals surface area (Å²) in [6.07, 6.45) is 1.12. The van der Waals surface area contributed by atoms with Gasteiger partial charge in [-0.05, 0) is 33.6 Å². The Morgan fingerprint density at radius 2 is 1.36 bits per heavy atom. The molecular weight excluding hydrogens is 278 g/mol. The van der Waals surface area contributed by atoms with E-state index in [9.17, 15) is 9.59 Å². The van der Waals surface area contributed by atoms with Crippen LogP contribution in [0.4, 0.5) is 0 Å². The standard InChI is InChI=1S/C12H23NO3.6CH4/c1-6-9(7-8(2)10(13)14)11(15)16-12(3,4)5;;;;;;/h8-9H,6-7H2,1-5H3,(H2,13,14);6*1H4. The first kappa shape index (κ1) is 42.8. The molecule has 0 aromatic rings. The van der Waals surface area contributed by atoms with Gasteiger partial charge in [-0.15, -0.1) is 0 Å². The number of ether oxygens (including phenoxy) is 1. The molecule has 0 heterocycles. The summed E-state index contributed by atoms with van der Waals surface area (Å²) in [7, 11) is 0. The molecule has 0 aliphatic carbocycles. The smallest absolute Gasteiger partial charge is 0.309 e. The molecule has 0 saturated heterocycles. The van der Waals surface area contributed by atoms with Crippen molar-refractivity contribution >= 4 is 11.9 Å². The van der Waals surface area contributed by atoms with Crippen LogP contribution in [0.3, 0.4) is 0 Å². The third-order valence-electron chi connectivity index (χ3n) is 2.36. The van der Waals surface area contributed by atoms with Crippen molar-refractivity contribution in [1.29, 1.82) is 0 Å². The Balaban J connectivity index is -0.0000000750. The van der Waals surface area contributed by atoms with E-state index < -0.39 is 5.60 Å². The Hall–Kier alpha value is -1.06. The average molecular weight is 326 g/mol. The van der Waals surface area contributed by atoms with Crippen molar-refractivity contribution in [2.24, 2.45) is 17.6 Å². The molecule has 4 heteroatoms. The van der Waals surface area contributed by atoms with Crippen LogP contribution in [-0.4, -0.2) is 17.5 Å². The number of esters is 1. The van der Waals surface area contributed by atoms with Crippen LogP contribution in [0.2, 0.25) is 0 Å². The zero-order valence-corrected chi connectivity index (χ0v) is 10.9. The molecule has 0 bridgehead atoms. The maximum atomic E-state index is 11.8. The molecule has 0 aromatic carbocycles. The van der Waals surface area contributed by atoms with Crippen LogP contribution < -0.4 is 5.73 Å². The largest absolute Gasteiger partial charge is 0.460 e. The second kappa shape index (κ2) is 18.0. The van der Waals surface area contributed by atoms with Gasteiger partial charge in [0.15, 0.2) is 0 Å². The maximum absolute atomic E-state index is 11.8. The molecule has 0 aliphatic heterocycles. The lowest BCUT2D eigenvalue weighted by Crippen LogP contribution is -2.31. The molecule has 2 unspecified atom stereocenters. The van der Waals surface area contributed by atoms with Gasteiger partial charge in [-0.3, -0.25) is 9.59 Å². The van der Waals surface area contributed by atoms with Gasteiger partial charge in [0.05, 0.1) is 5.92 Å². The van der Waals surface area contributed by atoms with Crippen molar-refractivity contribution in [2.45, 2.75) is 97.6 Å². The minimum absolute atomic E-state index is 0. The first-order valence-corrected chi connectivity index (χ1v) is 5.69. The van der Waals surface area contributed by atoms with Crippen LogP contribution in [0.1, 0.15) is 92.0 Å². The summed E-state index contributed by atoms with van der Waals surface area (Å²) in [5, 5.41) is 0. The zero-order valence-electron chi connectivity index (χ0n) is 10.9. The summed E-state index contributed by atoms with van der Waals surface area (Å²) in [4.78, 5) is 22.7. The molecule has 0 radical (unpaired) electrons. The molecule has 4 nitrogen and oxygen atoms in total. The number of carbonyl (C=O) groups is 2. The fourth-order valence-corrected chi connectivity index (χ4v) is 1.36. The Kier molecular flexibility index (Phi) is 35.0. The van der Waals surface area contributed by atoms with Gasteiger partial charge >= 0.3 is 5.97 Å². The first-order chi connectivity index (χ1) is 7.17. The van der Waals surface area contributed by atoms with Gasteiger partial charge in [-0.25, -0.2) is 0 Å². The molecule has 0 aliphatic rings. The maximum Gasteiger partial charge on any atom is 0.309 e. The van der Waals surface area contributed by atoms with Crippen LogP contribution in [0.5, 0.6) is 0 Å². The van der Waals surface area contributed by atoms with Gasteiger partial charge in [0, 0.05) is 5.92 Å². The lowest BCUT2D eigenvalue weighted by Gasteiger charge is -2.24. The second-order valence-electron chi connectivity index (χ2n) is 5.18. The number of rotatable bonds is 5. The van der Waals surface area contributed by atoms with Crippen molar-refractivity contribution in [3.05, 3.63) is 0 Å². The molecule has 0 fully saturated rings. The minimum atomic E-state index is -0.486. The van der Waals surface area contributed by atoms with Gasteiger partial charge < -0.3 is 10.5 Å². The van der Waals surface area contributed by atoms with Gasteiger partial charge in [0.2, 0.25) is 5.91 Å². The molecule has 0 rings (SSSR count). The fourth-order valence-electron chi connectivity index (χ4n) is 1.36. The summed E-state index contributed by atoms with van der Waals surface area (Å²) in [5.74, 6) is -1.16. The van der Waals surface area contributed by atoms with E-state index in [4.69, 9.17) is 10.5 Å². The van der Waals surface area contributed by atoms with E-state index in [0.717, 1.165) is 0 Å². The van der Waals surface area contributed by atoms with Crippen molar-refractivity contribution in [3.63, 3.8) is 0 Å². The highest BCUT2D eigenvalue weighted by atomic mass is 16.6. The predicted molar refractivity (Wildman–Crippen MR) is 103 cm³/mol. The SMILES string of the molecule is C.C.C.C.C.C.CCC(CC(C)C(N)=O)C(=O)OC(C)(C)C. The Bertz CT molecular complexity index is 258. The molecule has 0 saturated carbocycles. The molecule has 2 N–H and O–H groups in total. The third kappa shape index (κ3) is 18.9. The average Bonchev–Trinajstić information content (AvgIpc) is 2.10. The number of carbonyl (C=O) groups excluding carboxylic acids is 2. The van der Waals surface area contributed by atoms with Crippen LogP contribution in [0.15, 0.2) is 0 Å². The summed E-state index contributed by atoms with van der Waals surface area (Å²) in [5.41, 5.74) is 4.69. The Morgan fingerprint density at radius 3 is 1.59 bits per heavy atom. The molecule has 0 spiro atoms. The van der Waals surface area contributed by atoms with Crippen LogP contribution in [0.25, 0.3) is 0 Å². The minimum Gasteiger partial charge on any atom is -0.460 e. The van der Waals surface area contributed by atoms with E-state index in [-0.39, 0.29) is 68.3 Å². The number of nitrogens with two attached hydrogens (primary N) is 1. The number of hydrogen-bond acceptors (Lipinski definition) is 3. The van der Waals surface area contributed by atoms with Crippen molar-refractivity contribution < 1.29 is 14.3 Å². The Labute approximate surface area is 142 Å². The van der Waals surface area contributed by atoms with Gasteiger partial charge in [0.25, 0.3) is 0 Å². The highest BCUT2D eigenvalue weighted by Crippen LogP contribution is 2.20. The molecule has 2 atom stereocenters. The lowest BCUT2D eigenvalue weighted by molar-refractivity contribution is -0.160. The predicted octanol–water partition coefficient (Wildman–Crippen LogP) is 5.68. The molecule has 22 heavy (non-hydrogen) atoms. The summed E-state index contributed by atoms with van der Waals surface area (Å²) in [6, 6.07) is 0. The summed E-state index contributed by atoms with van der Waals surface area (Å²) in [6.45, 7) is 9.12. The van der Waals surface area contributed by atoms with Gasteiger partial charge in [0.1, 0.15) is 5.60 Å². The summed E-state index contributed by atoms with van der Waals surface area (Å²) < 4.78 is 5.28. The van der Waals surface area contributed by atoms with E-state index in [1.165, 1.54) is 0 Å². The molecule has 0 aromatic heterocycles. The highest BCUT2D eigenvalue weighted by Gasteiger charge is 2.26. The third-order valence-corrected chi connectivity index (χ3v) is 2.36. The van der Waals surface area contributed by atoms with E-state index in [1.54, 1.807) is 6.92 Å². The van der Waals surface area contributed by atoms with Crippen LogP contribution in [-0.2, 0) is 14.3 Å². The quantitative estimate of drug-likeness (QED) is 0.661. The Morgan fingerprint density at radius 1 is 1.00 bits per heavy atom. The first-order valence-electron chi connectivity index (χ1n) is 5.69. The van der Waals surface area contributed by atoms with E-state index in [1.807, 2.05) is 27.7 Å². The molecule has 1 amide bonds. The van der Waals surface area contributed by atoms with Crippen LogP contribution >= 0.6 is 0 Å². The van der Waals surface area contributed by atoms with E-state index in [0.29, 0.717) is 12.8 Å². The topological polar surface area (TPSA) is 69.4 Å². The van der Waals surface area contributed by atoms with Crippen molar-refractivity contribution in [1.82, 2.24) is 0 Å². The number of hydrogen-bond donors (Lipinski definition) is 1. The number of amides is 1. The molecular formula is C18H47NO3.